The Morgan fingerprint density at radius 1 is 0.850 bits per heavy atom. The molecule has 0 unspecified atom stereocenters. The molecule has 0 radical (unpaired) electrons. The summed E-state index contributed by atoms with van der Waals surface area (Å²) in [6, 6.07) is 17.8. The predicted octanol–water partition coefficient (Wildman–Crippen LogP) is 4.76. The van der Waals surface area contributed by atoms with Gasteiger partial charge in [0.15, 0.2) is 0 Å². The molecule has 0 amide bonds. The molecule has 0 fully saturated rings. The molecule has 2 aromatic rings. The first kappa shape index (κ1) is 14.8. The third-order valence-corrected chi connectivity index (χ3v) is 4.22. The highest BCUT2D eigenvalue weighted by atomic mass is 14.8. The van der Waals surface area contributed by atoms with Crippen LogP contribution >= 0.6 is 0 Å². The fraction of sp³-hybridized carbons (Fsp3) is 0.368. The van der Waals surface area contributed by atoms with E-state index in [0.29, 0.717) is 0 Å². The van der Waals surface area contributed by atoms with Crippen LogP contribution in [0.2, 0.25) is 0 Å². The minimum Gasteiger partial charge on any atom is -0.316 e. The topological polar surface area (TPSA) is 12.0 Å². The Morgan fingerprint density at radius 3 is 1.80 bits per heavy atom. The van der Waals surface area contributed by atoms with E-state index < -0.39 is 0 Å². The van der Waals surface area contributed by atoms with Crippen molar-refractivity contribution in [1.29, 1.82) is 0 Å². The van der Waals surface area contributed by atoms with Crippen molar-refractivity contribution < 1.29 is 0 Å². The van der Waals surface area contributed by atoms with Gasteiger partial charge in [0.25, 0.3) is 0 Å². The van der Waals surface area contributed by atoms with E-state index in [0.717, 1.165) is 13.0 Å². The highest BCUT2D eigenvalue weighted by Gasteiger charge is 2.17. The Morgan fingerprint density at radius 2 is 1.35 bits per heavy atom. The SMILES string of the molecule is CCC(C)(C)c1ccc(-c2ccc(CNC)cc2)cc1. The van der Waals surface area contributed by atoms with Crippen molar-refractivity contribution in [2.45, 2.75) is 39.2 Å². The Kier molecular flexibility index (Phi) is 4.61. The summed E-state index contributed by atoms with van der Waals surface area (Å²) < 4.78 is 0. The third kappa shape index (κ3) is 3.29. The molecule has 0 atom stereocenters. The molecule has 0 heterocycles. The summed E-state index contributed by atoms with van der Waals surface area (Å²) in [6.07, 6.45) is 1.16. The lowest BCUT2D eigenvalue weighted by atomic mass is 9.82. The van der Waals surface area contributed by atoms with Crippen LogP contribution in [0.15, 0.2) is 48.5 Å². The molecule has 1 heteroatoms. The van der Waals surface area contributed by atoms with Crippen LogP contribution in [-0.2, 0) is 12.0 Å². The van der Waals surface area contributed by atoms with Crippen LogP contribution in [0.4, 0.5) is 0 Å². The van der Waals surface area contributed by atoms with Crippen LogP contribution in [0.3, 0.4) is 0 Å². The molecule has 0 bridgehead atoms. The van der Waals surface area contributed by atoms with Gasteiger partial charge in [0.05, 0.1) is 0 Å². The number of hydrogen-bond donors (Lipinski definition) is 1. The van der Waals surface area contributed by atoms with Gasteiger partial charge in [-0.3, -0.25) is 0 Å². The fourth-order valence-electron chi connectivity index (χ4n) is 2.34. The van der Waals surface area contributed by atoms with Gasteiger partial charge in [-0.25, -0.2) is 0 Å². The monoisotopic (exact) mass is 267 g/mol. The predicted molar refractivity (Wildman–Crippen MR) is 88.0 cm³/mol. The van der Waals surface area contributed by atoms with Gasteiger partial charge in [0, 0.05) is 6.54 Å². The van der Waals surface area contributed by atoms with Crippen molar-refractivity contribution in [3.63, 3.8) is 0 Å². The molecular formula is C19H25N. The first-order valence-corrected chi connectivity index (χ1v) is 7.41. The molecule has 0 saturated heterocycles. The van der Waals surface area contributed by atoms with E-state index in [2.05, 4.69) is 74.6 Å². The van der Waals surface area contributed by atoms with E-state index in [4.69, 9.17) is 0 Å². The number of nitrogens with one attached hydrogen (secondary N) is 1. The summed E-state index contributed by atoms with van der Waals surface area (Å²) in [5, 5.41) is 3.17. The van der Waals surface area contributed by atoms with Gasteiger partial charge in [0.1, 0.15) is 0 Å². The second-order valence-corrected chi connectivity index (χ2v) is 6.04. The van der Waals surface area contributed by atoms with Crippen LogP contribution in [0, 0.1) is 0 Å². The van der Waals surface area contributed by atoms with Crippen LogP contribution in [0.25, 0.3) is 11.1 Å². The summed E-state index contributed by atoms with van der Waals surface area (Å²) in [5.41, 5.74) is 5.56. The minimum absolute atomic E-state index is 0.259. The first-order chi connectivity index (χ1) is 9.56. The Hall–Kier alpha value is -1.60. The van der Waals surface area contributed by atoms with Crippen molar-refractivity contribution in [2.24, 2.45) is 0 Å². The average molecular weight is 267 g/mol. The van der Waals surface area contributed by atoms with Crippen molar-refractivity contribution in [3.05, 3.63) is 59.7 Å². The third-order valence-electron chi connectivity index (χ3n) is 4.22. The first-order valence-electron chi connectivity index (χ1n) is 7.41. The van der Waals surface area contributed by atoms with Gasteiger partial charge >= 0.3 is 0 Å². The molecular weight excluding hydrogens is 242 g/mol. The molecule has 106 valence electrons. The quantitative estimate of drug-likeness (QED) is 0.823. The van der Waals surface area contributed by atoms with E-state index in [-0.39, 0.29) is 5.41 Å². The zero-order chi connectivity index (χ0) is 14.6. The largest absolute Gasteiger partial charge is 0.316 e. The van der Waals surface area contributed by atoms with E-state index in [1.807, 2.05) is 7.05 Å². The lowest BCUT2D eigenvalue weighted by Crippen LogP contribution is -2.14. The highest BCUT2D eigenvalue weighted by molar-refractivity contribution is 5.64. The number of hydrogen-bond acceptors (Lipinski definition) is 1. The number of benzene rings is 2. The zero-order valence-electron chi connectivity index (χ0n) is 13.0. The van der Waals surface area contributed by atoms with Crippen molar-refractivity contribution >= 4 is 0 Å². The van der Waals surface area contributed by atoms with Gasteiger partial charge in [-0.2, -0.15) is 0 Å². The lowest BCUT2D eigenvalue weighted by molar-refractivity contribution is 0.506. The Balaban J connectivity index is 2.21. The van der Waals surface area contributed by atoms with Crippen LogP contribution < -0.4 is 5.32 Å². The molecule has 20 heavy (non-hydrogen) atoms. The van der Waals surface area contributed by atoms with Crippen LogP contribution in [-0.4, -0.2) is 7.05 Å². The maximum Gasteiger partial charge on any atom is 0.0202 e. The fourth-order valence-corrected chi connectivity index (χ4v) is 2.34. The van der Waals surface area contributed by atoms with E-state index in [9.17, 15) is 0 Å². The maximum atomic E-state index is 3.17. The molecule has 0 spiro atoms. The second kappa shape index (κ2) is 6.23. The van der Waals surface area contributed by atoms with Crippen LogP contribution in [0.1, 0.15) is 38.3 Å². The summed E-state index contributed by atoms with van der Waals surface area (Å²) >= 11 is 0. The highest BCUT2D eigenvalue weighted by Crippen LogP contribution is 2.29. The Bertz CT molecular complexity index is 535. The summed E-state index contributed by atoms with van der Waals surface area (Å²) in [7, 11) is 1.97. The van der Waals surface area contributed by atoms with Crippen molar-refractivity contribution in [3.8, 4) is 11.1 Å². The minimum atomic E-state index is 0.259. The van der Waals surface area contributed by atoms with Crippen molar-refractivity contribution in [1.82, 2.24) is 5.32 Å². The number of rotatable bonds is 5. The normalized spacial score (nSPS) is 11.6. The van der Waals surface area contributed by atoms with E-state index in [1.165, 1.54) is 22.3 Å². The molecule has 1 N–H and O–H groups in total. The molecule has 0 aliphatic rings. The summed E-state index contributed by atoms with van der Waals surface area (Å²) in [6.45, 7) is 7.77. The molecule has 1 nitrogen and oxygen atoms in total. The smallest absolute Gasteiger partial charge is 0.0202 e. The summed E-state index contributed by atoms with van der Waals surface area (Å²) in [5.74, 6) is 0. The molecule has 2 aromatic carbocycles. The standard InChI is InChI=1S/C19H25N/c1-5-19(2,3)18-12-10-17(11-13-18)16-8-6-15(7-9-16)14-20-4/h6-13,20H,5,14H2,1-4H3. The summed E-state index contributed by atoms with van der Waals surface area (Å²) in [4.78, 5) is 0. The molecule has 0 saturated carbocycles. The van der Waals surface area contributed by atoms with Gasteiger partial charge in [-0.05, 0) is 41.1 Å². The second-order valence-electron chi connectivity index (χ2n) is 6.04. The molecule has 2 rings (SSSR count). The van der Waals surface area contributed by atoms with E-state index in [1.54, 1.807) is 0 Å². The maximum absolute atomic E-state index is 3.17. The molecule has 0 aliphatic heterocycles. The van der Waals surface area contributed by atoms with Gasteiger partial charge < -0.3 is 5.32 Å². The van der Waals surface area contributed by atoms with Crippen LogP contribution in [0.5, 0.6) is 0 Å². The molecule has 0 aromatic heterocycles. The average Bonchev–Trinajstić information content (AvgIpc) is 2.48. The van der Waals surface area contributed by atoms with Gasteiger partial charge in [0.2, 0.25) is 0 Å². The lowest BCUT2D eigenvalue weighted by Gasteiger charge is -2.23. The van der Waals surface area contributed by atoms with Crippen molar-refractivity contribution in [2.75, 3.05) is 7.05 Å². The van der Waals surface area contributed by atoms with Gasteiger partial charge in [-0.15, -0.1) is 0 Å². The van der Waals surface area contributed by atoms with Gasteiger partial charge in [-0.1, -0.05) is 69.3 Å². The molecule has 0 aliphatic carbocycles. The van der Waals surface area contributed by atoms with E-state index >= 15 is 0 Å². The Labute approximate surface area is 123 Å². The zero-order valence-corrected chi connectivity index (χ0v) is 13.0.